The molecular weight excluding hydrogens is 398 g/mol. The van der Waals surface area contributed by atoms with Gasteiger partial charge in [-0.3, -0.25) is 14.4 Å². The molecule has 0 aromatic carbocycles. The van der Waals surface area contributed by atoms with E-state index in [1.165, 1.54) is 5.69 Å². The van der Waals surface area contributed by atoms with Gasteiger partial charge < -0.3 is 9.64 Å². The van der Waals surface area contributed by atoms with E-state index in [0.717, 1.165) is 48.6 Å². The first-order valence-corrected chi connectivity index (χ1v) is 11.9. The van der Waals surface area contributed by atoms with E-state index in [0.29, 0.717) is 44.0 Å². The maximum absolute atomic E-state index is 13.3. The van der Waals surface area contributed by atoms with Crippen molar-refractivity contribution in [3.05, 3.63) is 33.0 Å². The monoisotopic (exact) mass is 431 g/mol. The summed E-state index contributed by atoms with van der Waals surface area (Å²) in [6, 6.07) is 0.396. The van der Waals surface area contributed by atoms with Crippen LogP contribution in [0.2, 0.25) is 0 Å². The standard InChI is InChI=1S/C22H33N5O2S/c1-15(2)12-27-20-6-5-18(25(4)13-17-14-30-16(3)23-17)11-19(20)21(24-27)22(28)26-7-9-29-10-8-26/h14-15,18H,5-13H2,1-4H3. The molecule has 2 aliphatic rings. The minimum atomic E-state index is 0.0653. The van der Waals surface area contributed by atoms with Crippen molar-refractivity contribution in [2.24, 2.45) is 5.92 Å². The van der Waals surface area contributed by atoms with E-state index in [2.05, 4.69) is 40.8 Å². The molecule has 0 N–H and O–H groups in total. The highest BCUT2D eigenvalue weighted by molar-refractivity contribution is 7.09. The van der Waals surface area contributed by atoms with Gasteiger partial charge in [0.15, 0.2) is 5.69 Å². The molecule has 30 heavy (non-hydrogen) atoms. The molecule has 8 heteroatoms. The lowest BCUT2D eigenvalue weighted by Crippen LogP contribution is -2.42. The quantitative estimate of drug-likeness (QED) is 0.704. The maximum Gasteiger partial charge on any atom is 0.274 e. The Balaban J connectivity index is 1.57. The summed E-state index contributed by atoms with van der Waals surface area (Å²) in [5, 5.41) is 8.10. The van der Waals surface area contributed by atoms with Crippen LogP contribution in [0.5, 0.6) is 0 Å². The fourth-order valence-electron chi connectivity index (χ4n) is 4.50. The zero-order valence-corrected chi connectivity index (χ0v) is 19.4. The summed E-state index contributed by atoms with van der Waals surface area (Å²) in [6.45, 7) is 10.7. The highest BCUT2D eigenvalue weighted by Crippen LogP contribution is 2.29. The molecule has 1 amide bonds. The summed E-state index contributed by atoms with van der Waals surface area (Å²) in [6.07, 6.45) is 2.93. The van der Waals surface area contributed by atoms with E-state index < -0.39 is 0 Å². The van der Waals surface area contributed by atoms with Gasteiger partial charge in [0, 0.05) is 48.9 Å². The Hall–Kier alpha value is -1.77. The van der Waals surface area contributed by atoms with E-state index in [1.807, 2.05) is 11.8 Å². The lowest BCUT2D eigenvalue weighted by Gasteiger charge is -2.32. The van der Waals surface area contributed by atoms with Crippen LogP contribution in [0.25, 0.3) is 0 Å². The molecule has 0 spiro atoms. The average Bonchev–Trinajstić information content (AvgIpc) is 3.30. The van der Waals surface area contributed by atoms with Crippen molar-refractivity contribution >= 4 is 17.2 Å². The predicted molar refractivity (Wildman–Crippen MR) is 118 cm³/mol. The van der Waals surface area contributed by atoms with Crippen LogP contribution in [-0.2, 0) is 30.7 Å². The van der Waals surface area contributed by atoms with Gasteiger partial charge in [-0.15, -0.1) is 11.3 Å². The Morgan fingerprint density at radius 3 is 2.80 bits per heavy atom. The second-order valence-corrected chi connectivity index (χ2v) is 9.99. The number of amides is 1. The first-order valence-electron chi connectivity index (χ1n) is 11.0. The van der Waals surface area contributed by atoms with Gasteiger partial charge in [-0.1, -0.05) is 13.8 Å². The molecule has 1 aliphatic heterocycles. The molecule has 1 atom stereocenters. The summed E-state index contributed by atoms with van der Waals surface area (Å²) in [5.74, 6) is 0.559. The van der Waals surface area contributed by atoms with Crippen LogP contribution < -0.4 is 0 Å². The normalized spacial score (nSPS) is 19.5. The molecular formula is C22H33N5O2S. The number of fused-ring (bicyclic) bond motifs is 1. The first-order chi connectivity index (χ1) is 14.4. The highest BCUT2D eigenvalue weighted by Gasteiger charge is 2.33. The molecule has 7 nitrogen and oxygen atoms in total. The first kappa shape index (κ1) is 21.5. The van der Waals surface area contributed by atoms with Crippen molar-refractivity contribution in [1.82, 2.24) is 24.6 Å². The number of morpholine rings is 1. The molecule has 3 heterocycles. The molecule has 4 rings (SSSR count). The summed E-state index contributed by atoms with van der Waals surface area (Å²) < 4.78 is 7.54. The van der Waals surface area contributed by atoms with Crippen LogP contribution in [0.1, 0.15) is 52.7 Å². The fraction of sp³-hybridized carbons (Fsp3) is 0.682. The number of carbonyl (C=O) groups excluding carboxylic acids is 1. The van der Waals surface area contributed by atoms with Crippen LogP contribution >= 0.6 is 11.3 Å². The number of likely N-dealkylation sites (N-methyl/N-ethyl adjacent to an activating group) is 1. The van der Waals surface area contributed by atoms with Crippen molar-refractivity contribution in [1.29, 1.82) is 0 Å². The molecule has 1 fully saturated rings. The summed E-state index contributed by atoms with van der Waals surface area (Å²) in [7, 11) is 2.17. The lowest BCUT2D eigenvalue weighted by atomic mass is 9.90. The third-order valence-corrected chi connectivity index (χ3v) is 6.88. The van der Waals surface area contributed by atoms with E-state index in [4.69, 9.17) is 9.84 Å². The Morgan fingerprint density at radius 1 is 1.37 bits per heavy atom. The number of rotatable bonds is 6. The third kappa shape index (κ3) is 4.60. The van der Waals surface area contributed by atoms with Gasteiger partial charge in [0.25, 0.3) is 5.91 Å². The molecule has 1 saturated heterocycles. The maximum atomic E-state index is 13.3. The number of hydrogen-bond acceptors (Lipinski definition) is 6. The minimum Gasteiger partial charge on any atom is -0.378 e. The highest BCUT2D eigenvalue weighted by atomic mass is 32.1. The van der Waals surface area contributed by atoms with Gasteiger partial charge >= 0.3 is 0 Å². The fourth-order valence-corrected chi connectivity index (χ4v) is 5.10. The van der Waals surface area contributed by atoms with Gasteiger partial charge in [-0.25, -0.2) is 4.98 Å². The average molecular weight is 432 g/mol. The van der Waals surface area contributed by atoms with Crippen LogP contribution in [-0.4, -0.2) is 69.9 Å². The molecule has 0 saturated carbocycles. The smallest absolute Gasteiger partial charge is 0.274 e. The molecule has 0 bridgehead atoms. The molecule has 0 radical (unpaired) electrons. The minimum absolute atomic E-state index is 0.0653. The van der Waals surface area contributed by atoms with Crippen molar-refractivity contribution in [3.63, 3.8) is 0 Å². The van der Waals surface area contributed by atoms with Crippen molar-refractivity contribution in [2.75, 3.05) is 33.4 Å². The Kier molecular flexibility index (Phi) is 6.55. The van der Waals surface area contributed by atoms with Crippen LogP contribution in [0.4, 0.5) is 0 Å². The number of hydrogen-bond donors (Lipinski definition) is 0. The Morgan fingerprint density at radius 2 is 2.13 bits per heavy atom. The summed E-state index contributed by atoms with van der Waals surface area (Å²) >= 11 is 1.70. The van der Waals surface area contributed by atoms with E-state index in [9.17, 15) is 4.79 Å². The Labute approximate surface area is 183 Å². The number of thiazole rings is 1. The van der Waals surface area contributed by atoms with Crippen LogP contribution in [0, 0.1) is 12.8 Å². The predicted octanol–water partition coefficient (Wildman–Crippen LogP) is 2.77. The third-order valence-electron chi connectivity index (χ3n) is 6.06. The van der Waals surface area contributed by atoms with E-state index in [-0.39, 0.29) is 5.91 Å². The van der Waals surface area contributed by atoms with Gasteiger partial charge in [0.1, 0.15) is 0 Å². The van der Waals surface area contributed by atoms with Crippen LogP contribution in [0.3, 0.4) is 0 Å². The molecule has 2 aromatic rings. The molecule has 164 valence electrons. The largest absolute Gasteiger partial charge is 0.378 e. The summed E-state index contributed by atoms with van der Waals surface area (Å²) in [5.41, 5.74) is 4.21. The van der Waals surface area contributed by atoms with Gasteiger partial charge in [-0.2, -0.15) is 5.10 Å². The second-order valence-electron chi connectivity index (χ2n) is 8.92. The zero-order chi connectivity index (χ0) is 21.3. The number of aromatic nitrogens is 3. The molecule has 1 aliphatic carbocycles. The number of aryl methyl sites for hydroxylation is 1. The molecule has 2 aromatic heterocycles. The number of ether oxygens (including phenoxy) is 1. The van der Waals surface area contributed by atoms with Gasteiger partial charge in [-0.05, 0) is 39.2 Å². The summed E-state index contributed by atoms with van der Waals surface area (Å²) in [4.78, 5) is 22.2. The van der Waals surface area contributed by atoms with Crippen molar-refractivity contribution in [3.8, 4) is 0 Å². The SMILES string of the molecule is Cc1nc(CN(C)C2CCc3c(c(C(=O)N4CCOCC4)nn3CC(C)C)C2)cs1. The zero-order valence-electron chi connectivity index (χ0n) is 18.6. The van der Waals surface area contributed by atoms with Gasteiger partial charge in [0.05, 0.1) is 23.9 Å². The lowest BCUT2D eigenvalue weighted by molar-refractivity contribution is 0.0297. The second kappa shape index (κ2) is 9.16. The van der Waals surface area contributed by atoms with Crippen molar-refractivity contribution < 1.29 is 9.53 Å². The van der Waals surface area contributed by atoms with E-state index >= 15 is 0 Å². The topological polar surface area (TPSA) is 63.5 Å². The Bertz CT molecular complexity index is 884. The van der Waals surface area contributed by atoms with Crippen LogP contribution in [0.15, 0.2) is 5.38 Å². The number of carbonyl (C=O) groups is 1. The van der Waals surface area contributed by atoms with E-state index in [1.54, 1.807) is 11.3 Å². The van der Waals surface area contributed by atoms with Crippen molar-refractivity contribution in [2.45, 2.75) is 59.2 Å². The van der Waals surface area contributed by atoms with Gasteiger partial charge in [0.2, 0.25) is 0 Å². The number of nitrogens with zero attached hydrogens (tertiary/aromatic N) is 5. The molecule has 1 unspecified atom stereocenters.